The van der Waals surface area contributed by atoms with Gasteiger partial charge in [0, 0.05) is 7.05 Å². The third kappa shape index (κ3) is 3.05. The van der Waals surface area contributed by atoms with Crippen LogP contribution >= 0.6 is 12.2 Å². The zero-order valence-corrected chi connectivity index (χ0v) is 12.5. The van der Waals surface area contributed by atoms with Crippen molar-refractivity contribution in [1.82, 2.24) is 14.8 Å². The number of anilines is 1. The molecule has 1 N–H and O–H groups in total. The van der Waals surface area contributed by atoms with Crippen molar-refractivity contribution in [3.05, 3.63) is 40.7 Å². The van der Waals surface area contributed by atoms with Crippen molar-refractivity contribution in [2.75, 3.05) is 10.6 Å². The summed E-state index contributed by atoms with van der Waals surface area (Å²) < 4.78 is 39.8. The minimum absolute atomic E-state index is 0.00804. The SMILES string of the molecule is Cn1c(CN(c2ccc(F)cc2)S(C)(=O)=O)n[nH]c1=S. The molecule has 2 aromatic rings. The predicted molar refractivity (Wildman–Crippen MR) is 75.8 cm³/mol. The van der Waals surface area contributed by atoms with Crippen LogP contribution in [-0.2, 0) is 23.6 Å². The fraction of sp³-hybridized carbons (Fsp3) is 0.273. The quantitative estimate of drug-likeness (QED) is 0.870. The summed E-state index contributed by atoms with van der Waals surface area (Å²) in [6, 6.07) is 5.21. The number of benzene rings is 1. The van der Waals surface area contributed by atoms with Crippen molar-refractivity contribution in [2.24, 2.45) is 7.05 Å². The zero-order chi connectivity index (χ0) is 14.9. The Kier molecular flexibility index (Phi) is 3.91. The maximum atomic E-state index is 12.9. The first-order chi connectivity index (χ1) is 9.29. The second-order valence-electron chi connectivity index (χ2n) is 4.25. The Morgan fingerprint density at radius 3 is 2.45 bits per heavy atom. The smallest absolute Gasteiger partial charge is 0.232 e. The molecule has 0 saturated heterocycles. The van der Waals surface area contributed by atoms with E-state index in [2.05, 4.69) is 10.2 Å². The molecular weight excluding hydrogens is 303 g/mol. The highest BCUT2D eigenvalue weighted by atomic mass is 32.2. The number of sulfonamides is 1. The summed E-state index contributed by atoms with van der Waals surface area (Å²) in [5.74, 6) is 0.0325. The fourth-order valence-electron chi connectivity index (χ4n) is 1.66. The van der Waals surface area contributed by atoms with Crippen molar-refractivity contribution in [1.29, 1.82) is 0 Å². The number of nitrogens with one attached hydrogen (secondary N) is 1. The largest absolute Gasteiger partial charge is 0.306 e. The van der Waals surface area contributed by atoms with Crippen LogP contribution in [0.4, 0.5) is 10.1 Å². The van der Waals surface area contributed by atoms with Gasteiger partial charge < -0.3 is 4.57 Å². The number of H-pyrrole nitrogens is 1. The van der Waals surface area contributed by atoms with Crippen molar-refractivity contribution >= 4 is 27.9 Å². The molecule has 2 rings (SSSR count). The third-order valence-corrected chi connectivity index (χ3v) is 4.28. The van der Waals surface area contributed by atoms with Gasteiger partial charge in [-0.3, -0.25) is 9.40 Å². The van der Waals surface area contributed by atoms with Gasteiger partial charge >= 0.3 is 0 Å². The molecule has 0 bridgehead atoms. The van der Waals surface area contributed by atoms with Gasteiger partial charge in [-0.1, -0.05) is 0 Å². The highest BCUT2D eigenvalue weighted by Gasteiger charge is 2.20. The number of nitrogens with zero attached hydrogens (tertiary/aromatic N) is 3. The maximum Gasteiger partial charge on any atom is 0.232 e. The van der Waals surface area contributed by atoms with Crippen molar-refractivity contribution in [3.63, 3.8) is 0 Å². The molecule has 9 heteroatoms. The Hall–Kier alpha value is -1.74. The summed E-state index contributed by atoms with van der Waals surface area (Å²) in [7, 11) is -1.84. The van der Waals surface area contributed by atoms with Gasteiger partial charge in [-0.15, -0.1) is 0 Å². The van der Waals surface area contributed by atoms with E-state index in [-0.39, 0.29) is 6.54 Å². The number of rotatable bonds is 4. The zero-order valence-electron chi connectivity index (χ0n) is 10.9. The maximum absolute atomic E-state index is 12.9. The molecule has 0 spiro atoms. The Morgan fingerprint density at radius 1 is 1.40 bits per heavy atom. The molecule has 108 valence electrons. The van der Waals surface area contributed by atoms with E-state index in [4.69, 9.17) is 12.2 Å². The van der Waals surface area contributed by atoms with Gasteiger partial charge in [-0.05, 0) is 36.5 Å². The van der Waals surface area contributed by atoms with E-state index in [0.29, 0.717) is 16.3 Å². The first-order valence-electron chi connectivity index (χ1n) is 5.62. The normalized spacial score (nSPS) is 11.6. The molecule has 0 amide bonds. The minimum atomic E-state index is -3.53. The molecule has 1 aromatic carbocycles. The predicted octanol–water partition coefficient (Wildman–Crippen LogP) is 1.58. The van der Waals surface area contributed by atoms with Crippen LogP contribution in [0.5, 0.6) is 0 Å². The monoisotopic (exact) mass is 316 g/mol. The highest BCUT2D eigenvalue weighted by Crippen LogP contribution is 2.20. The van der Waals surface area contributed by atoms with E-state index >= 15 is 0 Å². The van der Waals surface area contributed by atoms with E-state index < -0.39 is 15.8 Å². The van der Waals surface area contributed by atoms with Crippen molar-refractivity contribution < 1.29 is 12.8 Å². The summed E-state index contributed by atoms with van der Waals surface area (Å²) in [4.78, 5) is 0. The summed E-state index contributed by atoms with van der Waals surface area (Å²) in [6.45, 7) is 0.00804. The second-order valence-corrected chi connectivity index (χ2v) is 6.54. The van der Waals surface area contributed by atoms with Gasteiger partial charge in [-0.2, -0.15) is 5.10 Å². The number of aromatic nitrogens is 3. The molecule has 0 aliphatic rings. The summed E-state index contributed by atoms with van der Waals surface area (Å²) in [6.07, 6.45) is 1.08. The molecule has 0 aliphatic carbocycles. The van der Waals surface area contributed by atoms with Crippen LogP contribution in [-0.4, -0.2) is 29.4 Å². The molecule has 6 nitrogen and oxygen atoms in total. The standard InChI is InChI=1S/C11H13FN4O2S2/c1-15-10(13-14-11(15)19)7-16(20(2,17)18)9-5-3-8(12)4-6-9/h3-6H,7H2,1-2H3,(H,14,19). The van der Waals surface area contributed by atoms with Crippen molar-refractivity contribution in [3.8, 4) is 0 Å². The van der Waals surface area contributed by atoms with Gasteiger partial charge in [0.25, 0.3) is 0 Å². The fourth-order valence-corrected chi connectivity index (χ4v) is 2.66. The van der Waals surface area contributed by atoms with Gasteiger partial charge in [0.2, 0.25) is 10.0 Å². The first-order valence-corrected chi connectivity index (χ1v) is 7.88. The van der Waals surface area contributed by atoms with Gasteiger partial charge in [0.1, 0.15) is 5.82 Å². The molecule has 20 heavy (non-hydrogen) atoms. The van der Waals surface area contributed by atoms with Crippen LogP contribution in [0, 0.1) is 10.6 Å². The van der Waals surface area contributed by atoms with Crippen molar-refractivity contribution in [2.45, 2.75) is 6.54 Å². The van der Waals surface area contributed by atoms with Crippen LogP contribution < -0.4 is 4.31 Å². The number of aromatic amines is 1. The molecule has 1 aromatic heterocycles. The van der Waals surface area contributed by atoms with Crippen LogP contribution in [0.1, 0.15) is 5.82 Å². The molecular formula is C11H13FN4O2S2. The Bertz CT molecular complexity index is 764. The number of halogens is 1. The topological polar surface area (TPSA) is 71.0 Å². The molecule has 0 fully saturated rings. The van der Waals surface area contributed by atoms with Crippen LogP contribution in [0.25, 0.3) is 0 Å². The average Bonchev–Trinajstić information content (AvgIpc) is 2.67. The Balaban J connectivity index is 2.42. The molecule has 0 radical (unpaired) electrons. The van der Waals surface area contributed by atoms with Crippen LogP contribution in [0.15, 0.2) is 24.3 Å². The van der Waals surface area contributed by atoms with Gasteiger partial charge in [0.15, 0.2) is 10.6 Å². The summed E-state index contributed by atoms with van der Waals surface area (Å²) in [5.41, 5.74) is 0.364. The first kappa shape index (κ1) is 14.7. The minimum Gasteiger partial charge on any atom is -0.306 e. The number of hydrogen-bond acceptors (Lipinski definition) is 4. The van der Waals surface area contributed by atoms with E-state index in [1.807, 2.05) is 0 Å². The van der Waals surface area contributed by atoms with E-state index in [1.165, 1.54) is 24.3 Å². The van der Waals surface area contributed by atoms with E-state index in [1.54, 1.807) is 11.6 Å². The molecule has 0 unspecified atom stereocenters. The lowest BCUT2D eigenvalue weighted by Crippen LogP contribution is -2.30. The lowest BCUT2D eigenvalue weighted by Gasteiger charge is -2.21. The molecule has 0 saturated carbocycles. The van der Waals surface area contributed by atoms with E-state index in [9.17, 15) is 12.8 Å². The second kappa shape index (κ2) is 5.33. The Morgan fingerprint density at radius 2 is 2.00 bits per heavy atom. The number of hydrogen-bond donors (Lipinski definition) is 1. The average molecular weight is 316 g/mol. The summed E-state index contributed by atoms with van der Waals surface area (Å²) in [5, 5.41) is 6.57. The van der Waals surface area contributed by atoms with Crippen LogP contribution in [0.2, 0.25) is 0 Å². The van der Waals surface area contributed by atoms with Gasteiger partial charge in [0.05, 0.1) is 18.5 Å². The highest BCUT2D eigenvalue weighted by molar-refractivity contribution is 7.92. The molecule has 1 heterocycles. The lowest BCUT2D eigenvalue weighted by atomic mass is 10.3. The Labute approximate surface area is 120 Å². The van der Waals surface area contributed by atoms with Crippen LogP contribution in [0.3, 0.4) is 0 Å². The lowest BCUT2D eigenvalue weighted by molar-refractivity contribution is 0.593. The third-order valence-electron chi connectivity index (χ3n) is 2.77. The van der Waals surface area contributed by atoms with Gasteiger partial charge in [-0.25, -0.2) is 12.8 Å². The van der Waals surface area contributed by atoms with E-state index in [0.717, 1.165) is 10.6 Å². The summed E-state index contributed by atoms with van der Waals surface area (Å²) >= 11 is 4.98. The molecule has 0 atom stereocenters. The molecule has 0 aliphatic heterocycles.